The molecule has 0 aromatic carbocycles. The molecule has 52 valence electrons. The Kier molecular flexibility index (Phi) is 1.89. The SMILES string of the molecule is CCC(=O)C(C)C1CC1. The van der Waals surface area contributed by atoms with Gasteiger partial charge in [-0.25, -0.2) is 0 Å². The second-order valence-corrected chi connectivity index (χ2v) is 2.95. The summed E-state index contributed by atoms with van der Waals surface area (Å²) in [6, 6.07) is 0. The second kappa shape index (κ2) is 2.51. The predicted molar refractivity (Wildman–Crippen MR) is 37.2 cm³/mol. The van der Waals surface area contributed by atoms with Crippen LogP contribution in [0, 0.1) is 11.8 Å². The molecule has 1 atom stereocenters. The van der Waals surface area contributed by atoms with Gasteiger partial charge in [0.15, 0.2) is 0 Å². The number of Topliss-reactive ketones (excluding diaryl/α,β-unsaturated/α-hetero) is 1. The predicted octanol–water partition coefficient (Wildman–Crippen LogP) is 2.01. The highest BCUT2D eigenvalue weighted by Crippen LogP contribution is 2.37. The normalized spacial score (nSPS) is 21.6. The average Bonchev–Trinajstić information content (AvgIpc) is 2.66. The minimum absolute atomic E-state index is 0.356. The molecule has 0 aliphatic heterocycles. The molecule has 0 radical (unpaired) electrons. The second-order valence-electron chi connectivity index (χ2n) is 2.95. The van der Waals surface area contributed by atoms with Crippen molar-refractivity contribution in [2.45, 2.75) is 33.1 Å². The van der Waals surface area contributed by atoms with Crippen LogP contribution in [0.2, 0.25) is 0 Å². The fraction of sp³-hybridized carbons (Fsp3) is 0.875. The standard InChI is InChI=1S/C8H14O/c1-3-8(9)6(2)7-4-5-7/h6-7H,3-5H2,1-2H3. The van der Waals surface area contributed by atoms with Crippen molar-refractivity contribution in [3.05, 3.63) is 0 Å². The number of ketones is 1. The van der Waals surface area contributed by atoms with Gasteiger partial charge >= 0.3 is 0 Å². The molecule has 0 spiro atoms. The molecule has 0 N–H and O–H groups in total. The molecule has 1 nitrogen and oxygen atoms in total. The van der Waals surface area contributed by atoms with Crippen LogP contribution >= 0.6 is 0 Å². The number of carbonyl (C=O) groups is 1. The molecule has 0 aromatic heterocycles. The summed E-state index contributed by atoms with van der Waals surface area (Å²) in [4.78, 5) is 11.0. The summed E-state index contributed by atoms with van der Waals surface area (Å²) in [6.07, 6.45) is 3.29. The van der Waals surface area contributed by atoms with Crippen LogP contribution < -0.4 is 0 Å². The smallest absolute Gasteiger partial charge is 0.135 e. The zero-order valence-electron chi connectivity index (χ0n) is 6.18. The Morgan fingerprint density at radius 3 is 2.56 bits per heavy atom. The summed E-state index contributed by atoms with van der Waals surface area (Å²) in [7, 11) is 0. The minimum Gasteiger partial charge on any atom is -0.299 e. The largest absolute Gasteiger partial charge is 0.299 e. The molecule has 0 aromatic rings. The molecule has 1 aliphatic rings. The van der Waals surface area contributed by atoms with E-state index < -0.39 is 0 Å². The van der Waals surface area contributed by atoms with Gasteiger partial charge in [-0.15, -0.1) is 0 Å². The van der Waals surface area contributed by atoms with Gasteiger partial charge in [0.05, 0.1) is 0 Å². The first-order valence-corrected chi connectivity index (χ1v) is 3.78. The molecule has 0 amide bonds. The van der Waals surface area contributed by atoms with E-state index in [1.165, 1.54) is 12.8 Å². The Bertz CT molecular complexity index is 114. The van der Waals surface area contributed by atoms with E-state index >= 15 is 0 Å². The molecule has 0 saturated heterocycles. The van der Waals surface area contributed by atoms with Gasteiger partial charge in [0.1, 0.15) is 5.78 Å². The third kappa shape index (κ3) is 1.54. The lowest BCUT2D eigenvalue weighted by Crippen LogP contribution is -2.10. The third-order valence-corrected chi connectivity index (χ3v) is 2.19. The molecule has 1 heteroatoms. The highest BCUT2D eigenvalue weighted by atomic mass is 16.1. The van der Waals surface area contributed by atoms with Crippen LogP contribution in [0.4, 0.5) is 0 Å². The zero-order valence-corrected chi connectivity index (χ0v) is 6.18. The van der Waals surface area contributed by atoms with E-state index in [2.05, 4.69) is 6.92 Å². The van der Waals surface area contributed by atoms with Crippen molar-refractivity contribution in [3.63, 3.8) is 0 Å². The molecule has 9 heavy (non-hydrogen) atoms. The minimum atomic E-state index is 0.356. The molecule has 1 aliphatic carbocycles. The van der Waals surface area contributed by atoms with Gasteiger partial charge in [0.25, 0.3) is 0 Å². The Labute approximate surface area is 56.4 Å². The third-order valence-electron chi connectivity index (χ3n) is 2.19. The van der Waals surface area contributed by atoms with E-state index in [0.717, 1.165) is 12.3 Å². The summed E-state index contributed by atoms with van der Waals surface area (Å²) in [5.41, 5.74) is 0. The van der Waals surface area contributed by atoms with Crippen molar-refractivity contribution in [2.75, 3.05) is 0 Å². The van der Waals surface area contributed by atoms with Gasteiger partial charge in [-0.05, 0) is 18.8 Å². The van der Waals surface area contributed by atoms with Crippen LogP contribution in [0.15, 0.2) is 0 Å². The molecule has 1 unspecified atom stereocenters. The zero-order chi connectivity index (χ0) is 6.85. The Morgan fingerprint density at radius 1 is 1.67 bits per heavy atom. The van der Waals surface area contributed by atoms with Crippen LogP contribution in [0.25, 0.3) is 0 Å². The topological polar surface area (TPSA) is 17.1 Å². The summed E-state index contributed by atoms with van der Waals surface area (Å²) in [5, 5.41) is 0. The van der Waals surface area contributed by atoms with E-state index in [0.29, 0.717) is 11.7 Å². The van der Waals surface area contributed by atoms with E-state index in [4.69, 9.17) is 0 Å². The van der Waals surface area contributed by atoms with Gasteiger partial charge in [-0.1, -0.05) is 13.8 Å². The lowest BCUT2D eigenvalue weighted by Gasteiger charge is -2.04. The number of rotatable bonds is 3. The van der Waals surface area contributed by atoms with Crippen molar-refractivity contribution in [1.82, 2.24) is 0 Å². The Morgan fingerprint density at radius 2 is 2.22 bits per heavy atom. The van der Waals surface area contributed by atoms with Crippen molar-refractivity contribution < 1.29 is 4.79 Å². The highest BCUT2D eigenvalue weighted by Gasteiger charge is 2.31. The fourth-order valence-corrected chi connectivity index (χ4v) is 1.18. The number of hydrogen-bond donors (Lipinski definition) is 0. The summed E-state index contributed by atoms with van der Waals surface area (Å²) in [6.45, 7) is 4.00. The summed E-state index contributed by atoms with van der Waals surface area (Å²) >= 11 is 0. The van der Waals surface area contributed by atoms with E-state index in [-0.39, 0.29) is 0 Å². The van der Waals surface area contributed by atoms with Crippen LogP contribution in [0.3, 0.4) is 0 Å². The molecule has 1 rings (SSSR count). The van der Waals surface area contributed by atoms with Crippen LogP contribution in [-0.2, 0) is 4.79 Å². The first-order valence-electron chi connectivity index (χ1n) is 3.78. The maximum absolute atomic E-state index is 11.0. The molecule has 1 saturated carbocycles. The van der Waals surface area contributed by atoms with Gasteiger partial charge in [-0.2, -0.15) is 0 Å². The molecule has 0 heterocycles. The van der Waals surface area contributed by atoms with E-state index in [9.17, 15) is 4.79 Å². The lowest BCUT2D eigenvalue weighted by molar-refractivity contribution is -0.122. The average molecular weight is 126 g/mol. The quantitative estimate of drug-likeness (QED) is 0.565. The molecular formula is C8H14O. The fourth-order valence-electron chi connectivity index (χ4n) is 1.18. The van der Waals surface area contributed by atoms with Crippen LogP contribution in [0.1, 0.15) is 33.1 Å². The van der Waals surface area contributed by atoms with Gasteiger partial charge in [-0.3, -0.25) is 4.79 Å². The maximum Gasteiger partial charge on any atom is 0.135 e. The van der Waals surface area contributed by atoms with Crippen molar-refractivity contribution in [3.8, 4) is 0 Å². The number of hydrogen-bond acceptors (Lipinski definition) is 1. The molecular weight excluding hydrogens is 112 g/mol. The Balaban J connectivity index is 2.30. The maximum atomic E-state index is 11.0. The van der Waals surface area contributed by atoms with Crippen LogP contribution in [0.5, 0.6) is 0 Å². The molecule has 0 bridgehead atoms. The number of carbonyl (C=O) groups excluding carboxylic acids is 1. The van der Waals surface area contributed by atoms with Gasteiger partial charge < -0.3 is 0 Å². The Hall–Kier alpha value is -0.330. The summed E-state index contributed by atoms with van der Waals surface area (Å²) < 4.78 is 0. The lowest BCUT2D eigenvalue weighted by atomic mass is 9.99. The van der Waals surface area contributed by atoms with E-state index in [1.54, 1.807) is 0 Å². The first kappa shape index (κ1) is 6.79. The van der Waals surface area contributed by atoms with Crippen molar-refractivity contribution >= 4 is 5.78 Å². The van der Waals surface area contributed by atoms with E-state index in [1.807, 2.05) is 6.92 Å². The van der Waals surface area contributed by atoms with Crippen molar-refractivity contribution in [1.29, 1.82) is 0 Å². The highest BCUT2D eigenvalue weighted by molar-refractivity contribution is 5.80. The monoisotopic (exact) mass is 126 g/mol. The summed E-state index contributed by atoms with van der Waals surface area (Å²) in [5.74, 6) is 1.55. The first-order chi connectivity index (χ1) is 4.25. The van der Waals surface area contributed by atoms with Crippen LogP contribution in [-0.4, -0.2) is 5.78 Å². The van der Waals surface area contributed by atoms with Gasteiger partial charge in [0.2, 0.25) is 0 Å². The van der Waals surface area contributed by atoms with Crippen molar-refractivity contribution in [2.24, 2.45) is 11.8 Å². The molecule has 1 fully saturated rings. The van der Waals surface area contributed by atoms with Gasteiger partial charge in [0, 0.05) is 12.3 Å².